The smallest absolute Gasteiger partial charge is 0.274 e. The summed E-state index contributed by atoms with van der Waals surface area (Å²) in [5.74, 6) is -0.858. The fourth-order valence-corrected chi connectivity index (χ4v) is 9.26. The van der Waals surface area contributed by atoms with Crippen LogP contribution in [0.5, 0.6) is 0 Å². The van der Waals surface area contributed by atoms with Gasteiger partial charge in [0.15, 0.2) is 5.69 Å². The lowest BCUT2D eigenvalue weighted by atomic mass is 9.95. The number of hydrogen-bond donors (Lipinski definition) is 2. The van der Waals surface area contributed by atoms with Crippen LogP contribution in [-0.4, -0.2) is 142 Å². The second-order valence-corrected chi connectivity index (χ2v) is 17.4. The number of piperidine rings is 1. The van der Waals surface area contributed by atoms with Gasteiger partial charge in [0.2, 0.25) is 11.8 Å². The van der Waals surface area contributed by atoms with E-state index in [1.54, 1.807) is 35.1 Å². The maximum Gasteiger partial charge on any atom is 0.274 e. The number of H-pyrrole nitrogens is 1. The highest BCUT2D eigenvalue weighted by molar-refractivity contribution is 6.03. The lowest BCUT2D eigenvalue weighted by Crippen LogP contribution is -2.55. The molecule has 1 aliphatic carbocycles. The number of nitrogens with zero attached hydrogens (tertiary/aromatic N) is 7. The normalized spacial score (nSPS) is 17.3. The maximum absolute atomic E-state index is 15.1. The van der Waals surface area contributed by atoms with Crippen molar-refractivity contribution in [1.82, 2.24) is 39.7 Å². The third-order valence-electron chi connectivity index (χ3n) is 13.1. The molecule has 64 heavy (non-hydrogen) atoms. The number of nitrogens with one attached hydrogen (secondary N) is 2. The molecule has 4 aromatic rings. The van der Waals surface area contributed by atoms with Crippen LogP contribution >= 0.6 is 0 Å². The monoisotopic (exact) mass is 871 g/mol. The van der Waals surface area contributed by atoms with Crippen LogP contribution in [0.15, 0.2) is 59.5 Å². The Labute approximate surface area is 372 Å². The number of aromatic nitrogens is 3. The molecular formula is C49H58FN9O5. The standard InChI is InChI=1S/C49H58FN9O5/c1-3-33-8-7-9-36(26-33)37-29-43(52-44(60)4-2)46(51-30-37)49(64)58-16-14-34(15-17-58)31-55-18-20-56(21-19-55)32-45(61)57-22-24-59(25-23-57)48(63)40-27-35(12-13-41(40)50)28-42-38-10-5-6-11-39(38)47(62)54-53-42/h7-13,26-27,29-30,34H,3-6,14-25,28,31-32H2,1-2H3,(H,52,60)(H,54,62). The van der Waals surface area contributed by atoms with Crippen molar-refractivity contribution in [2.45, 2.75) is 58.8 Å². The van der Waals surface area contributed by atoms with Crippen molar-refractivity contribution in [3.63, 3.8) is 0 Å². The molecular weight excluding hydrogens is 814 g/mol. The average Bonchev–Trinajstić information content (AvgIpc) is 3.33. The van der Waals surface area contributed by atoms with E-state index < -0.39 is 11.7 Å². The fourth-order valence-electron chi connectivity index (χ4n) is 9.26. The van der Waals surface area contributed by atoms with Crippen molar-refractivity contribution < 1.29 is 23.6 Å². The molecule has 0 saturated carbocycles. The highest BCUT2D eigenvalue weighted by Crippen LogP contribution is 2.28. The fraction of sp³-hybridized carbons (Fsp3) is 0.449. The van der Waals surface area contributed by atoms with E-state index in [-0.39, 0.29) is 34.5 Å². The number of carbonyl (C=O) groups is 4. The molecule has 0 unspecified atom stereocenters. The summed E-state index contributed by atoms with van der Waals surface area (Å²) in [6, 6.07) is 14.6. The Kier molecular flexibility index (Phi) is 14.1. The van der Waals surface area contributed by atoms with Gasteiger partial charge in [-0.25, -0.2) is 14.5 Å². The molecule has 0 spiro atoms. The summed E-state index contributed by atoms with van der Waals surface area (Å²) < 4.78 is 15.1. The predicted octanol–water partition coefficient (Wildman–Crippen LogP) is 3.28. The Morgan fingerprint density at radius 1 is 0.766 bits per heavy atom. The molecule has 3 aliphatic heterocycles. The lowest BCUT2D eigenvalue weighted by Gasteiger charge is -2.40. The SMILES string of the molecule is CCC(=O)Nc1cc(-c2cccc(CC)c2)cnc1C(=O)N1CCC(CN2CCN(CC(=O)N3CCN(C(=O)c4cc(Cc5n[nH]c(=O)c6c5=CCCC=6)ccc4F)CC3)CC2)CC1. The van der Waals surface area contributed by atoms with Crippen LogP contribution in [0, 0.1) is 11.7 Å². The number of fused-ring (bicyclic) bond motifs is 1. The molecule has 0 atom stereocenters. The number of piperazine rings is 2. The van der Waals surface area contributed by atoms with E-state index in [4.69, 9.17) is 0 Å². The van der Waals surface area contributed by atoms with Gasteiger partial charge in [-0.1, -0.05) is 56.3 Å². The number of amides is 4. The highest BCUT2D eigenvalue weighted by atomic mass is 19.1. The maximum atomic E-state index is 15.1. The molecule has 14 nitrogen and oxygen atoms in total. The zero-order chi connectivity index (χ0) is 44.7. The van der Waals surface area contributed by atoms with Crippen LogP contribution in [0.2, 0.25) is 0 Å². The molecule has 4 aliphatic rings. The quantitative estimate of drug-likeness (QED) is 0.219. The van der Waals surface area contributed by atoms with Gasteiger partial charge in [-0.15, -0.1) is 0 Å². The summed E-state index contributed by atoms with van der Waals surface area (Å²) >= 11 is 0. The van der Waals surface area contributed by atoms with Gasteiger partial charge < -0.3 is 24.9 Å². The first-order chi connectivity index (χ1) is 31.1. The van der Waals surface area contributed by atoms with E-state index in [1.165, 1.54) is 11.6 Å². The summed E-state index contributed by atoms with van der Waals surface area (Å²) in [6.07, 6.45) is 10.5. The number of aromatic amines is 1. The van der Waals surface area contributed by atoms with Crippen molar-refractivity contribution >= 4 is 41.5 Å². The number of aryl methyl sites for hydroxylation is 1. The van der Waals surface area contributed by atoms with Gasteiger partial charge in [0, 0.05) is 107 Å². The van der Waals surface area contributed by atoms with Crippen LogP contribution in [0.25, 0.3) is 23.3 Å². The summed E-state index contributed by atoms with van der Waals surface area (Å²) in [7, 11) is 0. The third-order valence-corrected chi connectivity index (χ3v) is 13.1. The lowest BCUT2D eigenvalue weighted by molar-refractivity contribution is -0.134. The number of rotatable bonds is 12. The van der Waals surface area contributed by atoms with E-state index in [9.17, 15) is 24.0 Å². The summed E-state index contributed by atoms with van der Waals surface area (Å²) in [5, 5.41) is 11.1. The van der Waals surface area contributed by atoms with Crippen LogP contribution in [-0.2, 0) is 22.4 Å². The molecule has 5 heterocycles. The number of hydrogen-bond acceptors (Lipinski definition) is 9. The minimum Gasteiger partial charge on any atom is -0.338 e. The van der Waals surface area contributed by atoms with Gasteiger partial charge in [0.05, 0.1) is 23.5 Å². The number of carbonyl (C=O) groups excluding carboxylic acids is 4. The van der Waals surface area contributed by atoms with Crippen LogP contribution in [0.4, 0.5) is 10.1 Å². The zero-order valence-electron chi connectivity index (χ0n) is 36.9. The topological polar surface area (TPSA) is 155 Å². The molecule has 2 N–H and O–H groups in total. The van der Waals surface area contributed by atoms with E-state index in [2.05, 4.69) is 49.4 Å². The largest absolute Gasteiger partial charge is 0.338 e. The number of benzene rings is 2. The van der Waals surface area contributed by atoms with Crippen molar-refractivity contribution in [1.29, 1.82) is 0 Å². The first-order valence-electron chi connectivity index (χ1n) is 22.8. The molecule has 4 amide bonds. The molecule has 336 valence electrons. The predicted molar refractivity (Wildman–Crippen MR) is 243 cm³/mol. The first kappa shape index (κ1) is 44.5. The zero-order valence-corrected chi connectivity index (χ0v) is 36.9. The van der Waals surface area contributed by atoms with Gasteiger partial charge >= 0.3 is 0 Å². The molecule has 2 aromatic carbocycles. The average molecular weight is 872 g/mol. The summed E-state index contributed by atoms with van der Waals surface area (Å²) in [4.78, 5) is 80.1. The number of halogens is 1. The van der Waals surface area contributed by atoms with Gasteiger partial charge in [-0.3, -0.25) is 28.9 Å². The molecule has 8 rings (SSSR count). The molecule has 2 aromatic heterocycles. The van der Waals surface area contributed by atoms with Crippen LogP contribution in [0.1, 0.15) is 83.6 Å². The van der Waals surface area contributed by atoms with Crippen molar-refractivity contribution in [3.05, 3.63) is 109 Å². The van der Waals surface area contributed by atoms with Crippen molar-refractivity contribution in [2.75, 3.05) is 83.9 Å². The van der Waals surface area contributed by atoms with Crippen LogP contribution in [0.3, 0.4) is 0 Å². The molecule has 0 bridgehead atoms. The van der Waals surface area contributed by atoms with Gasteiger partial charge in [-0.05, 0) is 72.9 Å². The minimum absolute atomic E-state index is 0.0108. The Morgan fingerprint density at radius 2 is 1.47 bits per heavy atom. The molecule has 3 saturated heterocycles. The van der Waals surface area contributed by atoms with Gasteiger partial charge in [0.1, 0.15) is 5.82 Å². The molecule has 0 radical (unpaired) electrons. The second kappa shape index (κ2) is 20.2. The summed E-state index contributed by atoms with van der Waals surface area (Å²) in [5.41, 5.74) is 4.90. The van der Waals surface area contributed by atoms with E-state index in [0.717, 1.165) is 86.7 Å². The number of likely N-dealkylation sites (tertiary alicyclic amines) is 1. The first-order valence-corrected chi connectivity index (χ1v) is 22.8. The van der Waals surface area contributed by atoms with Crippen LogP contribution < -0.4 is 21.3 Å². The summed E-state index contributed by atoms with van der Waals surface area (Å²) in [6.45, 7) is 11.1. The number of anilines is 1. The highest BCUT2D eigenvalue weighted by Gasteiger charge is 2.31. The van der Waals surface area contributed by atoms with Crippen molar-refractivity contribution in [2.24, 2.45) is 5.92 Å². The Morgan fingerprint density at radius 3 is 2.20 bits per heavy atom. The van der Waals surface area contributed by atoms with E-state index >= 15 is 4.39 Å². The van der Waals surface area contributed by atoms with E-state index in [0.29, 0.717) is 81.2 Å². The Hall–Kier alpha value is -6.06. The van der Waals surface area contributed by atoms with Gasteiger partial charge in [0.25, 0.3) is 17.4 Å². The second-order valence-electron chi connectivity index (χ2n) is 17.4. The number of pyridine rings is 1. The molecule has 15 heteroatoms. The van der Waals surface area contributed by atoms with E-state index in [1.807, 2.05) is 35.3 Å². The third kappa shape index (κ3) is 10.3. The van der Waals surface area contributed by atoms with Crippen molar-refractivity contribution in [3.8, 4) is 11.1 Å². The Balaban J connectivity index is 0.774. The minimum atomic E-state index is -0.596. The molecule has 3 fully saturated rings. The van der Waals surface area contributed by atoms with Gasteiger partial charge in [-0.2, -0.15) is 5.10 Å². The Bertz CT molecular complexity index is 2570.